The SMILES string of the molecule is CC(C)n1cc(C(=O)/C=C/c2cccc3c2OCCCO3)cn1. The van der Waals surface area contributed by atoms with Crippen molar-refractivity contribution in [1.82, 2.24) is 9.78 Å². The van der Waals surface area contributed by atoms with Crippen molar-refractivity contribution in [2.75, 3.05) is 13.2 Å². The fourth-order valence-corrected chi connectivity index (χ4v) is 2.36. The lowest BCUT2D eigenvalue weighted by atomic mass is 10.1. The van der Waals surface area contributed by atoms with Crippen LogP contribution in [-0.2, 0) is 0 Å². The molecule has 0 aliphatic carbocycles. The molecule has 0 saturated carbocycles. The molecule has 2 heterocycles. The third-order valence-corrected chi connectivity index (χ3v) is 3.63. The number of hydrogen-bond acceptors (Lipinski definition) is 4. The van der Waals surface area contributed by atoms with Gasteiger partial charge in [-0.3, -0.25) is 9.48 Å². The first-order valence-corrected chi connectivity index (χ1v) is 7.80. The van der Waals surface area contributed by atoms with Crippen molar-refractivity contribution >= 4 is 11.9 Å². The maximum Gasteiger partial charge on any atom is 0.189 e. The van der Waals surface area contributed by atoms with Crippen molar-refractivity contribution in [1.29, 1.82) is 0 Å². The van der Waals surface area contributed by atoms with Crippen LogP contribution in [0.4, 0.5) is 0 Å². The smallest absolute Gasteiger partial charge is 0.189 e. The van der Waals surface area contributed by atoms with Gasteiger partial charge in [-0.2, -0.15) is 5.10 Å². The second-order valence-corrected chi connectivity index (χ2v) is 5.73. The highest BCUT2D eigenvalue weighted by Crippen LogP contribution is 2.34. The number of nitrogens with zero attached hydrogens (tertiary/aromatic N) is 2. The molecule has 0 saturated heterocycles. The van der Waals surface area contributed by atoms with Gasteiger partial charge in [-0.05, 0) is 32.1 Å². The Kier molecular flexibility index (Phi) is 4.46. The fraction of sp³-hybridized carbons (Fsp3) is 0.333. The minimum Gasteiger partial charge on any atom is -0.490 e. The first-order chi connectivity index (χ1) is 11.1. The zero-order valence-electron chi connectivity index (χ0n) is 13.4. The Morgan fingerprint density at radius 3 is 2.91 bits per heavy atom. The van der Waals surface area contributed by atoms with Crippen LogP contribution in [0.25, 0.3) is 6.08 Å². The van der Waals surface area contributed by atoms with Crippen LogP contribution in [-0.4, -0.2) is 28.8 Å². The summed E-state index contributed by atoms with van der Waals surface area (Å²) in [5, 5.41) is 4.19. The molecule has 5 heteroatoms. The molecular weight excluding hydrogens is 292 g/mol. The Hall–Kier alpha value is -2.56. The lowest BCUT2D eigenvalue weighted by Gasteiger charge is -2.09. The number of para-hydroxylation sites is 1. The van der Waals surface area contributed by atoms with Gasteiger partial charge in [0.1, 0.15) is 0 Å². The molecule has 0 fully saturated rings. The van der Waals surface area contributed by atoms with E-state index in [1.54, 1.807) is 29.2 Å². The second kappa shape index (κ2) is 6.69. The predicted octanol–water partition coefficient (Wildman–Crippen LogP) is 3.52. The van der Waals surface area contributed by atoms with Crippen molar-refractivity contribution in [3.8, 4) is 11.5 Å². The molecule has 120 valence electrons. The summed E-state index contributed by atoms with van der Waals surface area (Å²) in [4.78, 5) is 12.3. The molecule has 5 nitrogen and oxygen atoms in total. The van der Waals surface area contributed by atoms with Crippen LogP contribution in [0, 0.1) is 0 Å². The van der Waals surface area contributed by atoms with Crippen molar-refractivity contribution in [3.05, 3.63) is 47.8 Å². The molecule has 1 aromatic heterocycles. The van der Waals surface area contributed by atoms with E-state index in [0.29, 0.717) is 24.5 Å². The summed E-state index contributed by atoms with van der Waals surface area (Å²) in [6, 6.07) is 5.92. The van der Waals surface area contributed by atoms with E-state index >= 15 is 0 Å². The van der Waals surface area contributed by atoms with Crippen LogP contribution in [0.1, 0.15) is 42.2 Å². The maximum atomic E-state index is 12.3. The number of rotatable bonds is 4. The third-order valence-electron chi connectivity index (χ3n) is 3.63. The molecule has 0 atom stereocenters. The number of hydrogen-bond donors (Lipinski definition) is 0. The molecule has 0 spiro atoms. The van der Waals surface area contributed by atoms with Gasteiger partial charge < -0.3 is 9.47 Å². The van der Waals surface area contributed by atoms with Crippen molar-refractivity contribution < 1.29 is 14.3 Å². The zero-order chi connectivity index (χ0) is 16.2. The van der Waals surface area contributed by atoms with Gasteiger partial charge in [-0.25, -0.2) is 0 Å². The molecule has 0 amide bonds. The Morgan fingerprint density at radius 2 is 2.13 bits per heavy atom. The monoisotopic (exact) mass is 312 g/mol. The summed E-state index contributed by atoms with van der Waals surface area (Å²) < 4.78 is 13.2. The summed E-state index contributed by atoms with van der Waals surface area (Å²) in [5.41, 5.74) is 1.42. The van der Waals surface area contributed by atoms with E-state index in [2.05, 4.69) is 5.10 Å². The second-order valence-electron chi connectivity index (χ2n) is 5.73. The molecule has 1 aliphatic heterocycles. The molecule has 23 heavy (non-hydrogen) atoms. The number of ether oxygens (including phenoxy) is 2. The van der Waals surface area contributed by atoms with Crippen molar-refractivity contribution in [2.45, 2.75) is 26.3 Å². The molecule has 2 aromatic rings. The van der Waals surface area contributed by atoms with Crippen LogP contribution < -0.4 is 9.47 Å². The summed E-state index contributed by atoms with van der Waals surface area (Å²) >= 11 is 0. The van der Waals surface area contributed by atoms with Gasteiger partial charge in [0.25, 0.3) is 0 Å². The standard InChI is InChI=1S/C18H20N2O3/c1-13(2)20-12-15(11-19-20)16(21)8-7-14-5-3-6-17-18(14)23-10-4-9-22-17/h3,5-8,11-13H,4,9-10H2,1-2H3/b8-7+. The summed E-state index contributed by atoms with van der Waals surface area (Å²) in [6.07, 6.45) is 7.53. The number of carbonyl (C=O) groups is 1. The minimum atomic E-state index is -0.0796. The van der Waals surface area contributed by atoms with Gasteiger partial charge in [0.2, 0.25) is 0 Å². The van der Waals surface area contributed by atoms with Gasteiger partial charge in [-0.15, -0.1) is 0 Å². The average Bonchev–Trinajstić information content (AvgIpc) is 2.92. The highest BCUT2D eigenvalue weighted by atomic mass is 16.5. The molecule has 0 bridgehead atoms. The van der Waals surface area contributed by atoms with Crippen LogP contribution >= 0.6 is 0 Å². The number of ketones is 1. The van der Waals surface area contributed by atoms with Gasteiger partial charge >= 0.3 is 0 Å². The average molecular weight is 312 g/mol. The van der Waals surface area contributed by atoms with Crippen LogP contribution in [0.5, 0.6) is 11.5 Å². The largest absolute Gasteiger partial charge is 0.490 e. The topological polar surface area (TPSA) is 53.4 Å². The van der Waals surface area contributed by atoms with Gasteiger partial charge in [0.15, 0.2) is 17.3 Å². The van der Waals surface area contributed by atoms with Gasteiger partial charge in [0, 0.05) is 24.2 Å². The number of allylic oxidation sites excluding steroid dienone is 1. The molecule has 0 N–H and O–H groups in total. The lowest BCUT2D eigenvalue weighted by molar-refractivity contribution is 0.104. The molecule has 3 rings (SSSR count). The van der Waals surface area contributed by atoms with Gasteiger partial charge in [0.05, 0.1) is 25.0 Å². The molecule has 0 unspecified atom stereocenters. The van der Waals surface area contributed by atoms with E-state index in [9.17, 15) is 4.79 Å². The molecule has 0 radical (unpaired) electrons. The third kappa shape index (κ3) is 3.44. The van der Waals surface area contributed by atoms with Crippen LogP contribution in [0.15, 0.2) is 36.7 Å². The van der Waals surface area contributed by atoms with E-state index in [0.717, 1.165) is 17.7 Å². The number of carbonyl (C=O) groups excluding carboxylic acids is 1. The number of fused-ring (bicyclic) bond motifs is 1. The Morgan fingerprint density at radius 1 is 1.30 bits per heavy atom. The predicted molar refractivity (Wildman–Crippen MR) is 88.0 cm³/mol. The normalized spacial score (nSPS) is 14.2. The van der Waals surface area contributed by atoms with Crippen molar-refractivity contribution in [3.63, 3.8) is 0 Å². The van der Waals surface area contributed by atoms with E-state index in [4.69, 9.17) is 9.47 Å². The van der Waals surface area contributed by atoms with E-state index < -0.39 is 0 Å². The molecule has 1 aromatic carbocycles. The number of aromatic nitrogens is 2. The molecule has 1 aliphatic rings. The summed E-state index contributed by atoms with van der Waals surface area (Å²) in [5.74, 6) is 1.35. The van der Waals surface area contributed by atoms with E-state index in [1.807, 2.05) is 32.0 Å². The van der Waals surface area contributed by atoms with Crippen molar-refractivity contribution in [2.24, 2.45) is 0 Å². The Balaban J connectivity index is 1.81. The Bertz CT molecular complexity index is 732. The highest BCUT2D eigenvalue weighted by Gasteiger charge is 2.13. The van der Waals surface area contributed by atoms with Crippen LogP contribution in [0.3, 0.4) is 0 Å². The zero-order valence-corrected chi connectivity index (χ0v) is 13.4. The quantitative estimate of drug-likeness (QED) is 0.640. The Labute approximate surface area is 135 Å². The fourth-order valence-electron chi connectivity index (χ4n) is 2.36. The van der Waals surface area contributed by atoms with E-state index in [1.165, 1.54) is 0 Å². The summed E-state index contributed by atoms with van der Waals surface area (Å²) in [6.45, 7) is 5.31. The summed E-state index contributed by atoms with van der Waals surface area (Å²) in [7, 11) is 0. The number of benzene rings is 1. The highest BCUT2D eigenvalue weighted by molar-refractivity contribution is 6.06. The minimum absolute atomic E-state index is 0.0796. The molecular formula is C18H20N2O3. The van der Waals surface area contributed by atoms with Crippen LogP contribution in [0.2, 0.25) is 0 Å². The lowest BCUT2D eigenvalue weighted by Crippen LogP contribution is -2.00. The first-order valence-electron chi connectivity index (χ1n) is 7.80. The first kappa shape index (κ1) is 15.3. The maximum absolute atomic E-state index is 12.3. The van der Waals surface area contributed by atoms with E-state index in [-0.39, 0.29) is 11.8 Å². The van der Waals surface area contributed by atoms with Gasteiger partial charge in [-0.1, -0.05) is 12.1 Å².